The molecule has 0 aliphatic rings. The molecule has 2 N–H and O–H groups in total. The summed E-state index contributed by atoms with van der Waals surface area (Å²) < 4.78 is 64.5. The third-order valence-electron chi connectivity index (χ3n) is 3.59. The van der Waals surface area contributed by atoms with E-state index in [1.54, 1.807) is 32.3 Å². The van der Waals surface area contributed by atoms with Crippen LogP contribution >= 0.6 is 23.2 Å². The molecule has 1 unspecified atom stereocenters. The first kappa shape index (κ1) is 22.8. The SMILES string of the molecule is CN(C)C[C@@H](NS(=N)(=O)c1ccc(OC(F)(F)F)cc1)c1ccc(Cl)c(Cl)c1. The van der Waals surface area contributed by atoms with Crippen LogP contribution in [0.15, 0.2) is 47.4 Å². The zero-order valence-corrected chi connectivity index (χ0v) is 17.2. The lowest BCUT2D eigenvalue weighted by atomic mass is 10.1. The molecule has 2 atom stereocenters. The number of nitrogens with one attached hydrogen (secondary N) is 2. The molecule has 0 heterocycles. The average Bonchev–Trinajstić information content (AvgIpc) is 2.55. The third-order valence-corrected chi connectivity index (χ3v) is 5.88. The molecule has 0 aliphatic carbocycles. The van der Waals surface area contributed by atoms with Crippen LogP contribution < -0.4 is 9.46 Å². The summed E-state index contributed by atoms with van der Waals surface area (Å²) in [6, 6.07) is 8.71. The van der Waals surface area contributed by atoms with Crippen molar-refractivity contribution in [3.63, 3.8) is 0 Å². The summed E-state index contributed by atoms with van der Waals surface area (Å²) in [5, 5.41) is 0.677. The molecule has 0 saturated heterocycles. The fraction of sp³-hybridized carbons (Fsp3) is 0.294. The number of likely N-dealkylation sites (N-methyl/N-ethyl adjacent to an activating group) is 1. The van der Waals surface area contributed by atoms with Gasteiger partial charge in [0.1, 0.15) is 15.7 Å². The summed E-state index contributed by atoms with van der Waals surface area (Å²) in [4.78, 5) is 1.85. The van der Waals surface area contributed by atoms with E-state index < -0.39 is 28.1 Å². The van der Waals surface area contributed by atoms with Crippen molar-refractivity contribution < 1.29 is 22.1 Å². The van der Waals surface area contributed by atoms with Crippen LogP contribution in [0.1, 0.15) is 11.6 Å². The van der Waals surface area contributed by atoms with Gasteiger partial charge >= 0.3 is 6.36 Å². The van der Waals surface area contributed by atoms with E-state index in [1.807, 2.05) is 4.90 Å². The van der Waals surface area contributed by atoms with Gasteiger partial charge in [-0.2, -0.15) is 0 Å². The second-order valence-corrected chi connectivity index (χ2v) is 8.82. The van der Waals surface area contributed by atoms with E-state index in [4.69, 9.17) is 28.0 Å². The maximum absolute atomic E-state index is 12.9. The van der Waals surface area contributed by atoms with Crippen LogP contribution in [0.5, 0.6) is 5.75 Å². The Morgan fingerprint density at radius 2 is 1.75 bits per heavy atom. The minimum absolute atomic E-state index is 0.0193. The van der Waals surface area contributed by atoms with E-state index in [0.29, 0.717) is 22.2 Å². The summed E-state index contributed by atoms with van der Waals surface area (Å²) in [7, 11) is 0.0873. The van der Waals surface area contributed by atoms with Crippen LogP contribution in [0.4, 0.5) is 13.2 Å². The zero-order chi connectivity index (χ0) is 21.1. The Hall–Kier alpha value is -1.52. The van der Waals surface area contributed by atoms with Gasteiger partial charge in [-0.1, -0.05) is 29.3 Å². The molecule has 2 rings (SSSR count). The summed E-state index contributed by atoms with van der Waals surface area (Å²) >= 11 is 12.0. The Morgan fingerprint density at radius 3 is 2.25 bits per heavy atom. The fourth-order valence-corrected chi connectivity index (χ4v) is 3.98. The minimum atomic E-state index is -4.83. The Morgan fingerprint density at radius 1 is 1.14 bits per heavy atom. The molecule has 28 heavy (non-hydrogen) atoms. The summed E-state index contributed by atoms with van der Waals surface area (Å²) in [5.41, 5.74) is 0.667. The molecule has 0 saturated carbocycles. The van der Waals surface area contributed by atoms with Gasteiger partial charge in [-0.25, -0.2) is 13.7 Å². The number of alkyl halides is 3. The zero-order valence-electron chi connectivity index (χ0n) is 14.9. The molecule has 0 aliphatic heterocycles. The Labute approximate surface area is 171 Å². The number of hydrogen-bond acceptors (Lipinski definition) is 4. The highest BCUT2D eigenvalue weighted by Crippen LogP contribution is 2.28. The smallest absolute Gasteiger partial charge is 0.406 e. The summed E-state index contributed by atoms with van der Waals surface area (Å²) in [6.07, 6.45) is -4.83. The highest BCUT2D eigenvalue weighted by molar-refractivity contribution is 7.90. The average molecular weight is 456 g/mol. The van der Waals surface area contributed by atoms with Gasteiger partial charge in [0.05, 0.1) is 21.0 Å². The molecule has 5 nitrogen and oxygen atoms in total. The predicted octanol–water partition coefficient (Wildman–Crippen LogP) is 5.11. The van der Waals surface area contributed by atoms with Crippen molar-refractivity contribution in [2.45, 2.75) is 17.3 Å². The van der Waals surface area contributed by atoms with Gasteiger partial charge in [0.2, 0.25) is 0 Å². The lowest BCUT2D eigenvalue weighted by Gasteiger charge is -2.24. The standard InChI is InChI=1S/C17H18Cl2F3N3O2S/c1-25(2)10-16(11-3-8-14(18)15(19)9-11)24-28(23,26)13-6-4-12(5-7-13)27-17(20,21)22/h3-9,16H,10H2,1-2H3,(H2,23,24,26)/t16-,28?/m1/s1. The van der Waals surface area contributed by atoms with Gasteiger partial charge in [-0.05, 0) is 56.1 Å². The first-order valence-corrected chi connectivity index (χ1v) is 10.2. The van der Waals surface area contributed by atoms with Crippen molar-refractivity contribution >= 4 is 33.1 Å². The van der Waals surface area contributed by atoms with Crippen LogP contribution in [-0.2, 0) is 9.92 Å². The van der Waals surface area contributed by atoms with E-state index in [1.165, 1.54) is 0 Å². The van der Waals surface area contributed by atoms with Crippen LogP contribution in [0.3, 0.4) is 0 Å². The van der Waals surface area contributed by atoms with E-state index in [2.05, 4.69) is 9.46 Å². The lowest BCUT2D eigenvalue weighted by molar-refractivity contribution is -0.274. The molecular formula is C17H18Cl2F3N3O2S. The molecule has 0 bridgehead atoms. The molecule has 154 valence electrons. The molecule has 0 radical (unpaired) electrons. The Balaban J connectivity index is 2.28. The summed E-state index contributed by atoms with van der Waals surface area (Å²) in [6.45, 7) is 0.392. The van der Waals surface area contributed by atoms with Crippen molar-refractivity contribution in [3.8, 4) is 5.75 Å². The predicted molar refractivity (Wildman–Crippen MR) is 103 cm³/mol. The number of hydrogen-bond donors (Lipinski definition) is 2. The normalized spacial score (nSPS) is 15.3. The molecule has 0 spiro atoms. The van der Waals surface area contributed by atoms with Crippen LogP contribution in [0.2, 0.25) is 10.0 Å². The van der Waals surface area contributed by atoms with Crippen LogP contribution in [0, 0.1) is 4.78 Å². The molecule has 0 amide bonds. The second-order valence-electron chi connectivity index (χ2n) is 6.18. The first-order valence-electron chi connectivity index (χ1n) is 7.89. The van der Waals surface area contributed by atoms with Crippen molar-refractivity contribution in [2.24, 2.45) is 0 Å². The van der Waals surface area contributed by atoms with Crippen molar-refractivity contribution in [2.75, 3.05) is 20.6 Å². The topological polar surface area (TPSA) is 65.4 Å². The minimum Gasteiger partial charge on any atom is -0.406 e. The molecular weight excluding hydrogens is 438 g/mol. The quantitative estimate of drug-likeness (QED) is 0.609. The number of nitrogens with zero attached hydrogens (tertiary/aromatic N) is 1. The molecule has 2 aromatic rings. The fourth-order valence-electron chi connectivity index (χ4n) is 2.41. The van der Waals surface area contributed by atoms with Gasteiger partial charge in [-0.15, -0.1) is 13.2 Å². The number of benzene rings is 2. The number of ether oxygens (including phenoxy) is 1. The van der Waals surface area contributed by atoms with Crippen LogP contribution in [-0.4, -0.2) is 36.1 Å². The van der Waals surface area contributed by atoms with Gasteiger partial charge in [0, 0.05) is 6.54 Å². The van der Waals surface area contributed by atoms with Crippen molar-refractivity contribution in [3.05, 3.63) is 58.1 Å². The monoisotopic (exact) mass is 455 g/mol. The van der Waals surface area contributed by atoms with Crippen molar-refractivity contribution in [1.29, 1.82) is 4.78 Å². The third kappa shape index (κ3) is 6.52. The van der Waals surface area contributed by atoms with E-state index >= 15 is 0 Å². The summed E-state index contributed by atoms with van der Waals surface area (Å²) in [5.74, 6) is -0.458. The lowest BCUT2D eigenvalue weighted by Crippen LogP contribution is -2.34. The Kier molecular flexibility index (Phi) is 7.22. The van der Waals surface area contributed by atoms with Gasteiger partial charge in [-0.3, -0.25) is 0 Å². The highest BCUT2D eigenvalue weighted by Gasteiger charge is 2.31. The molecule has 11 heteroatoms. The molecule has 0 fully saturated rings. The number of halogens is 5. The highest BCUT2D eigenvalue weighted by atomic mass is 35.5. The van der Waals surface area contributed by atoms with Gasteiger partial charge in [0.25, 0.3) is 0 Å². The number of rotatable bonds is 7. The maximum Gasteiger partial charge on any atom is 0.573 e. The van der Waals surface area contributed by atoms with Gasteiger partial charge < -0.3 is 9.64 Å². The Bertz CT molecular complexity index is 920. The van der Waals surface area contributed by atoms with E-state index in [0.717, 1.165) is 24.3 Å². The second kappa shape index (κ2) is 8.87. The molecule has 2 aromatic carbocycles. The van der Waals surface area contributed by atoms with Gasteiger partial charge in [0.15, 0.2) is 0 Å². The van der Waals surface area contributed by atoms with Crippen molar-refractivity contribution in [1.82, 2.24) is 9.62 Å². The van der Waals surface area contributed by atoms with E-state index in [-0.39, 0.29) is 4.90 Å². The van der Waals surface area contributed by atoms with Crippen LogP contribution in [0.25, 0.3) is 0 Å². The maximum atomic E-state index is 12.9. The molecule has 0 aromatic heterocycles. The first-order chi connectivity index (χ1) is 12.9. The van der Waals surface area contributed by atoms with E-state index in [9.17, 15) is 17.4 Å². The largest absolute Gasteiger partial charge is 0.573 e.